The molecular weight excluding hydrogens is 226 g/mol. The molecule has 1 aliphatic rings. The van der Waals surface area contributed by atoms with E-state index < -0.39 is 0 Å². The Morgan fingerprint density at radius 3 is 2.61 bits per heavy atom. The number of ether oxygens (including phenoxy) is 1. The molecule has 0 radical (unpaired) electrons. The quantitative estimate of drug-likeness (QED) is 0.893. The molecule has 0 bridgehead atoms. The maximum atomic E-state index is 6.03. The lowest BCUT2D eigenvalue weighted by molar-refractivity contribution is 0.0942. The normalized spacial score (nSPS) is 19.6. The summed E-state index contributed by atoms with van der Waals surface area (Å²) in [6, 6.07) is 0. The molecule has 18 heavy (non-hydrogen) atoms. The van der Waals surface area contributed by atoms with E-state index in [-0.39, 0.29) is 0 Å². The number of nitrogens with one attached hydrogen (secondary N) is 1. The average Bonchev–Trinajstić information content (AvgIpc) is 2.34. The van der Waals surface area contributed by atoms with Crippen LogP contribution in [0.15, 0.2) is 6.20 Å². The van der Waals surface area contributed by atoms with Crippen LogP contribution >= 0.6 is 0 Å². The molecule has 1 saturated carbocycles. The predicted molar refractivity (Wildman–Crippen MR) is 73.0 cm³/mol. The van der Waals surface area contributed by atoms with E-state index in [2.05, 4.69) is 29.1 Å². The standard InChI is InChI=1S/C14H23N3O/c1-10-9-16-13(15-4)17-12(10)18-11-5-7-14(2,3)8-6-11/h9,11H,5-8H2,1-4H3,(H,15,16,17). The van der Waals surface area contributed by atoms with Crippen LogP contribution in [-0.4, -0.2) is 23.1 Å². The topological polar surface area (TPSA) is 47.0 Å². The van der Waals surface area contributed by atoms with Gasteiger partial charge in [-0.1, -0.05) is 13.8 Å². The number of anilines is 1. The molecule has 1 aromatic rings. The van der Waals surface area contributed by atoms with Gasteiger partial charge in [0.05, 0.1) is 0 Å². The predicted octanol–water partition coefficient (Wildman–Crippen LogP) is 3.17. The highest BCUT2D eigenvalue weighted by Gasteiger charge is 2.28. The lowest BCUT2D eigenvalue weighted by Gasteiger charge is -2.34. The Balaban J connectivity index is 2.01. The molecule has 0 spiro atoms. The third kappa shape index (κ3) is 3.12. The van der Waals surface area contributed by atoms with Crippen LogP contribution in [0, 0.1) is 12.3 Å². The van der Waals surface area contributed by atoms with E-state index >= 15 is 0 Å². The molecule has 0 atom stereocenters. The van der Waals surface area contributed by atoms with Crippen LogP contribution in [-0.2, 0) is 0 Å². The lowest BCUT2D eigenvalue weighted by atomic mass is 9.76. The van der Waals surface area contributed by atoms with Crippen molar-refractivity contribution in [2.45, 2.75) is 52.6 Å². The molecule has 4 heteroatoms. The van der Waals surface area contributed by atoms with Gasteiger partial charge in [0.15, 0.2) is 0 Å². The van der Waals surface area contributed by atoms with Crippen molar-refractivity contribution < 1.29 is 4.74 Å². The van der Waals surface area contributed by atoms with Gasteiger partial charge in [-0.2, -0.15) is 4.98 Å². The van der Waals surface area contributed by atoms with Gasteiger partial charge in [-0.05, 0) is 38.0 Å². The number of hydrogen-bond acceptors (Lipinski definition) is 4. The van der Waals surface area contributed by atoms with Gasteiger partial charge < -0.3 is 10.1 Å². The summed E-state index contributed by atoms with van der Waals surface area (Å²) in [5, 5.41) is 2.94. The molecule has 1 N–H and O–H groups in total. The molecule has 2 rings (SSSR count). The van der Waals surface area contributed by atoms with Crippen LogP contribution in [0.2, 0.25) is 0 Å². The minimum absolute atomic E-state index is 0.302. The Kier molecular flexibility index (Phi) is 3.73. The molecule has 1 aromatic heterocycles. The Labute approximate surface area is 109 Å². The fraction of sp³-hybridized carbons (Fsp3) is 0.714. The minimum atomic E-state index is 0.302. The average molecular weight is 249 g/mol. The lowest BCUT2D eigenvalue weighted by Crippen LogP contribution is -2.28. The molecule has 0 aliphatic heterocycles. The third-order valence-electron chi connectivity index (χ3n) is 3.71. The Hall–Kier alpha value is -1.32. The van der Waals surface area contributed by atoms with Crippen molar-refractivity contribution in [3.63, 3.8) is 0 Å². The SMILES string of the molecule is CNc1ncc(C)c(OC2CCC(C)(C)CC2)n1. The maximum absolute atomic E-state index is 6.03. The van der Waals surface area contributed by atoms with Crippen molar-refractivity contribution in [2.24, 2.45) is 5.41 Å². The van der Waals surface area contributed by atoms with Crippen molar-refractivity contribution >= 4 is 5.95 Å². The van der Waals surface area contributed by atoms with Crippen LogP contribution in [0.25, 0.3) is 0 Å². The van der Waals surface area contributed by atoms with E-state index in [1.807, 2.05) is 14.0 Å². The fourth-order valence-corrected chi connectivity index (χ4v) is 2.31. The summed E-state index contributed by atoms with van der Waals surface area (Å²) < 4.78 is 6.03. The van der Waals surface area contributed by atoms with E-state index in [0.717, 1.165) is 24.3 Å². The highest BCUT2D eigenvalue weighted by molar-refractivity contribution is 5.31. The van der Waals surface area contributed by atoms with Crippen molar-refractivity contribution in [3.8, 4) is 5.88 Å². The molecular formula is C14H23N3O. The number of nitrogens with zero attached hydrogens (tertiary/aromatic N) is 2. The third-order valence-corrected chi connectivity index (χ3v) is 3.71. The van der Waals surface area contributed by atoms with E-state index in [9.17, 15) is 0 Å². The first kappa shape index (κ1) is 13.1. The molecule has 1 fully saturated rings. The second-order valence-electron chi connectivity index (χ2n) is 5.91. The summed E-state index contributed by atoms with van der Waals surface area (Å²) in [5.74, 6) is 1.34. The first-order valence-corrected chi connectivity index (χ1v) is 6.68. The fourth-order valence-electron chi connectivity index (χ4n) is 2.31. The van der Waals surface area contributed by atoms with Crippen molar-refractivity contribution in [1.29, 1.82) is 0 Å². The van der Waals surface area contributed by atoms with Gasteiger partial charge in [0.2, 0.25) is 11.8 Å². The summed E-state index contributed by atoms with van der Waals surface area (Å²) in [6.45, 7) is 6.65. The van der Waals surface area contributed by atoms with Gasteiger partial charge in [-0.25, -0.2) is 4.98 Å². The zero-order valence-corrected chi connectivity index (χ0v) is 11.8. The van der Waals surface area contributed by atoms with Gasteiger partial charge >= 0.3 is 0 Å². The Morgan fingerprint density at radius 2 is 2.00 bits per heavy atom. The number of aryl methyl sites for hydroxylation is 1. The first-order valence-electron chi connectivity index (χ1n) is 6.68. The van der Waals surface area contributed by atoms with E-state index in [4.69, 9.17) is 4.74 Å². The number of aromatic nitrogens is 2. The van der Waals surface area contributed by atoms with Crippen LogP contribution in [0.1, 0.15) is 45.1 Å². The molecule has 1 aliphatic carbocycles. The molecule has 0 amide bonds. The highest BCUT2D eigenvalue weighted by Crippen LogP contribution is 2.36. The Morgan fingerprint density at radius 1 is 1.33 bits per heavy atom. The van der Waals surface area contributed by atoms with Crippen LogP contribution < -0.4 is 10.1 Å². The van der Waals surface area contributed by atoms with Gasteiger partial charge in [0, 0.05) is 18.8 Å². The molecule has 4 nitrogen and oxygen atoms in total. The van der Waals surface area contributed by atoms with Gasteiger partial charge in [0.25, 0.3) is 0 Å². The van der Waals surface area contributed by atoms with Gasteiger partial charge in [-0.15, -0.1) is 0 Å². The zero-order chi connectivity index (χ0) is 13.2. The summed E-state index contributed by atoms with van der Waals surface area (Å²) in [7, 11) is 1.82. The minimum Gasteiger partial charge on any atom is -0.474 e. The number of hydrogen-bond donors (Lipinski definition) is 1. The molecule has 100 valence electrons. The highest BCUT2D eigenvalue weighted by atomic mass is 16.5. The number of rotatable bonds is 3. The Bertz CT molecular complexity index is 408. The van der Waals surface area contributed by atoms with Crippen LogP contribution in [0.3, 0.4) is 0 Å². The van der Waals surface area contributed by atoms with Crippen LogP contribution in [0.4, 0.5) is 5.95 Å². The second kappa shape index (κ2) is 5.12. The zero-order valence-electron chi connectivity index (χ0n) is 11.8. The van der Waals surface area contributed by atoms with Crippen LogP contribution in [0.5, 0.6) is 5.88 Å². The summed E-state index contributed by atoms with van der Waals surface area (Å²) >= 11 is 0. The smallest absolute Gasteiger partial charge is 0.225 e. The summed E-state index contributed by atoms with van der Waals surface area (Å²) in [5.41, 5.74) is 1.47. The monoisotopic (exact) mass is 249 g/mol. The van der Waals surface area contributed by atoms with Gasteiger partial charge in [0.1, 0.15) is 6.10 Å². The summed E-state index contributed by atoms with van der Waals surface area (Å²) in [4.78, 5) is 8.55. The summed E-state index contributed by atoms with van der Waals surface area (Å²) in [6.07, 6.45) is 6.79. The van der Waals surface area contributed by atoms with E-state index in [1.165, 1.54) is 12.8 Å². The first-order chi connectivity index (χ1) is 8.50. The van der Waals surface area contributed by atoms with E-state index in [0.29, 0.717) is 17.5 Å². The molecule has 0 aromatic carbocycles. The van der Waals surface area contributed by atoms with Crippen molar-refractivity contribution in [2.75, 3.05) is 12.4 Å². The molecule has 1 heterocycles. The second-order valence-corrected chi connectivity index (χ2v) is 5.91. The largest absolute Gasteiger partial charge is 0.474 e. The van der Waals surface area contributed by atoms with Gasteiger partial charge in [-0.3, -0.25) is 0 Å². The van der Waals surface area contributed by atoms with Crippen molar-refractivity contribution in [1.82, 2.24) is 9.97 Å². The van der Waals surface area contributed by atoms with Crippen molar-refractivity contribution in [3.05, 3.63) is 11.8 Å². The maximum Gasteiger partial charge on any atom is 0.225 e. The molecule has 0 saturated heterocycles. The van der Waals surface area contributed by atoms with E-state index in [1.54, 1.807) is 6.20 Å². The molecule has 0 unspecified atom stereocenters.